The van der Waals surface area contributed by atoms with Crippen LogP contribution in [0.5, 0.6) is 0 Å². The molecule has 1 aromatic heterocycles. The normalized spacial score (nSPS) is 21.0. The summed E-state index contributed by atoms with van der Waals surface area (Å²) in [5.41, 5.74) is 6.88. The van der Waals surface area contributed by atoms with Crippen molar-refractivity contribution in [1.82, 2.24) is 19.6 Å². The molecule has 188 valence electrons. The average molecular weight is 498 g/mol. The molecule has 0 unspecified atom stereocenters. The van der Waals surface area contributed by atoms with Crippen LogP contribution in [0.15, 0.2) is 24.3 Å². The van der Waals surface area contributed by atoms with Crippen molar-refractivity contribution in [2.45, 2.75) is 38.6 Å². The lowest BCUT2D eigenvalue weighted by Crippen LogP contribution is -2.55. The van der Waals surface area contributed by atoms with Crippen molar-refractivity contribution >= 4 is 44.1 Å². The number of benzene rings is 1. The molecular weight excluding hydrogens is 462 g/mol. The van der Waals surface area contributed by atoms with Gasteiger partial charge in [-0.2, -0.15) is 0 Å². The van der Waals surface area contributed by atoms with Gasteiger partial charge in [0.1, 0.15) is 0 Å². The number of nitrogens with zero attached hydrogens (tertiary/aromatic N) is 4. The molecule has 3 saturated heterocycles. The lowest BCUT2D eigenvalue weighted by molar-refractivity contribution is -0.141. The molecule has 0 radical (unpaired) electrons. The Morgan fingerprint density at radius 2 is 1.46 bits per heavy atom. The number of carbonyl (C=O) groups excluding carboxylic acids is 3. The van der Waals surface area contributed by atoms with E-state index in [0.717, 1.165) is 61.9 Å². The first-order valence-electron chi connectivity index (χ1n) is 12.8. The number of anilines is 1. The fraction of sp³-hybridized carbons (Fsp3) is 0.577. The van der Waals surface area contributed by atoms with Crippen molar-refractivity contribution in [2.75, 3.05) is 58.1 Å². The number of rotatable bonds is 3. The van der Waals surface area contributed by atoms with E-state index in [0.29, 0.717) is 42.8 Å². The molecule has 9 heteroatoms. The second kappa shape index (κ2) is 10.1. The quantitative estimate of drug-likeness (QED) is 0.704. The minimum absolute atomic E-state index is 0.0378. The molecule has 3 fully saturated rings. The van der Waals surface area contributed by atoms with Gasteiger partial charge in [0, 0.05) is 81.3 Å². The lowest BCUT2D eigenvalue weighted by Gasteiger charge is -2.43. The first-order valence-corrected chi connectivity index (χ1v) is 13.6. The Balaban J connectivity index is 1.10. The largest absolute Gasteiger partial charge is 0.390 e. The summed E-state index contributed by atoms with van der Waals surface area (Å²) in [5.74, 6) is 0.460. The number of nitrogen functional groups attached to an aromatic ring is 1. The maximum absolute atomic E-state index is 13.3. The standard InChI is InChI=1S/C26H35N5O3S/c1-18(32)28-10-6-19(7-11-28)25(33)30-12-8-20(9-13-30)29-14-16-31(17-15-29)26(34)23-21-4-2-3-5-22(21)35-24(23)27/h2-5,19-20H,6-17,27H2,1H3. The molecule has 2 N–H and O–H groups in total. The van der Waals surface area contributed by atoms with Crippen molar-refractivity contribution in [1.29, 1.82) is 0 Å². The maximum atomic E-state index is 13.3. The molecule has 0 spiro atoms. The van der Waals surface area contributed by atoms with Crippen LogP contribution >= 0.6 is 11.3 Å². The second-order valence-electron chi connectivity index (χ2n) is 10.0. The zero-order valence-corrected chi connectivity index (χ0v) is 21.3. The third-order valence-electron chi connectivity index (χ3n) is 8.02. The number of amides is 3. The molecule has 4 heterocycles. The minimum Gasteiger partial charge on any atom is -0.390 e. The zero-order chi connectivity index (χ0) is 24.5. The molecule has 8 nitrogen and oxygen atoms in total. The van der Waals surface area contributed by atoms with Crippen molar-refractivity contribution in [3.63, 3.8) is 0 Å². The Morgan fingerprint density at radius 1 is 0.829 bits per heavy atom. The van der Waals surface area contributed by atoms with Gasteiger partial charge in [0.25, 0.3) is 5.91 Å². The Hall–Kier alpha value is -2.65. The van der Waals surface area contributed by atoms with E-state index in [-0.39, 0.29) is 23.6 Å². The highest BCUT2D eigenvalue weighted by Crippen LogP contribution is 2.34. The van der Waals surface area contributed by atoms with Gasteiger partial charge in [-0.15, -0.1) is 11.3 Å². The molecular formula is C26H35N5O3S. The van der Waals surface area contributed by atoms with E-state index in [9.17, 15) is 14.4 Å². The van der Waals surface area contributed by atoms with Gasteiger partial charge >= 0.3 is 0 Å². The van der Waals surface area contributed by atoms with Gasteiger partial charge in [0.2, 0.25) is 11.8 Å². The maximum Gasteiger partial charge on any atom is 0.257 e. The molecule has 3 aliphatic heterocycles. The fourth-order valence-electron chi connectivity index (χ4n) is 5.88. The Bertz CT molecular complexity index is 1090. The molecule has 2 aromatic rings. The highest BCUT2D eigenvalue weighted by molar-refractivity contribution is 7.23. The molecule has 0 atom stereocenters. The van der Waals surface area contributed by atoms with E-state index >= 15 is 0 Å². The van der Waals surface area contributed by atoms with E-state index in [1.54, 1.807) is 6.92 Å². The van der Waals surface area contributed by atoms with Crippen LogP contribution in [-0.4, -0.2) is 95.7 Å². The molecule has 1 aromatic carbocycles. The average Bonchev–Trinajstić information content (AvgIpc) is 3.23. The topological polar surface area (TPSA) is 90.2 Å². The lowest BCUT2D eigenvalue weighted by atomic mass is 9.93. The highest BCUT2D eigenvalue weighted by atomic mass is 32.1. The number of hydrogen-bond donors (Lipinski definition) is 1. The van der Waals surface area contributed by atoms with Crippen LogP contribution in [0.2, 0.25) is 0 Å². The molecule has 0 aliphatic carbocycles. The molecule has 35 heavy (non-hydrogen) atoms. The summed E-state index contributed by atoms with van der Waals surface area (Å²) in [5, 5.41) is 1.55. The van der Waals surface area contributed by atoms with Crippen LogP contribution < -0.4 is 5.73 Å². The number of fused-ring (bicyclic) bond motifs is 1. The van der Waals surface area contributed by atoms with Gasteiger partial charge in [-0.05, 0) is 31.7 Å². The monoisotopic (exact) mass is 497 g/mol. The number of nitrogens with two attached hydrogens (primary N) is 1. The van der Waals surface area contributed by atoms with Gasteiger partial charge in [-0.25, -0.2) is 0 Å². The van der Waals surface area contributed by atoms with Crippen LogP contribution in [0.25, 0.3) is 10.1 Å². The third-order valence-corrected chi connectivity index (χ3v) is 9.02. The second-order valence-corrected chi connectivity index (χ2v) is 11.1. The highest BCUT2D eigenvalue weighted by Gasteiger charge is 2.34. The minimum atomic E-state index is 0.0378. The van der Waals surface area contributed by atoms with E-state index in [1.807, 2.05) is 39.0 Å². The number of carbonyl (C=O) groups is 3. The van der Waals surface area contributed by atoms with E-state index in [2.05, 4.69) is 4.90 Å². The fourth-order valence-corrected chi connectivity index (χ4v) is 6.85. The van der Waals surface area contributed by atoms with E-state index < -0.39 is 0 Å². The van der Waals surface area contributed by atoms with E-state index in [1.165, 1.54) is 11.3 Å². The first-order chi connectivity index (χ1) is 16.9. The summed E-state index contributed by atoms with van der Waals surface area (Å²) >= 11 is 1.48. The first kappa shape index (κ1) is 24.1. The van der Waals surface area contributed by atoms with Gasteiger partial charge in [0.15, 0.2) is 0 Å². The van der Waals surface area contributed by atoms with Crippen molar-refractivity contribution < 1.29 is 14.4 Å². The smallest absolute Gasteiger partial charge is 0.257 e. The Morgan fingerprint density at radius 3 is 2.11 bits per heavy atom. The van der Waals surface area contributed by atoms with Gasteiger partial charge in [-0.1, -0.05) is 18.2 Å². The van der Waals surface area contributed by atoms with Gasteiger partial charge in [-0.3, -0.25) is 19.3 Å². The summed E-state index contributed by atoms with van der Waals surface area (Å²) in [4.78, 5) is 46.1. The van der Waals surface area contributed by atoms with E-state index in [4.69, 9.17) is 5.73 Å². The number of thiophene rings is 1. The van der Waals surface area contributed by atoms with Crippen LogP contribution in [-0.2, 0) is 9.59 Å². The molecule has 0 saturated carbocycles. The predicted octanol–water partition coefficient (Wildman–Crippen LogP) is 2.49. The third kappa shape index (κ3) is 4.89. The van der Waals surface area contributed by atoms with Gasteiger partial charge < -0.3 is 20.4 Å². The van der Waals surface area contributed by atoms with Crippen LogP contribution in [0.1, 0.15) is 43.0 Å². The number of likely N-dealkylation sites (tertiary alicyclic amines) is 2. The molecule has 3 aliphatic rings. The Labute approximate surface area is 210 Å². The zero-order valence-electron chi connectivity index (χ0n) is 20.4. The van der Waals surface area contributed by atoms with Gasteiger partial charge in [0.05, 0.1) is 10.6 Å². The van der Waals surface area contributed by atoms with Crippen molar-refractivity contribution in [3.05, 3.63) is 29.8 Å². The summed E-state index contributed by atoms with van der Waals surface area (Å²) < 4.78 is 1.05. The summed E-state index contributed by atoms with van der Waals surface area (Å²) in [6.45, 7) is 7.70. The summed E-state index contributed by atoms with van der Waals surface area (Å²) in [6, 6.07) is 8.38. The molecule has 5 rings (SSSR count). The van der Waals surface area contributed by atoms with Crippen LogP contribution in [0, 0.1) is 5.92 Å². The number of piperazine rings is 1. The number of hydrogen-bond acceptors (Lipinski definition) is 6. The molecule has 0 bridgehead atoms. The number of piperidine rings is 2. The van der Waals surface area contributed by atoms with Crippen molar-refractivity contribution in [2.24, 2.45) is 5.92 Å². The Kier molecular flexibility index (Phi) is 6.98. The van der Waals surface area contributed by atoms with Crippen LogP contribution in [0.3, 0.4) is 0 Å². The predicted molar refractivity (Wildman–Crippen MR) is 138 cm³/mol. The van der Waals surface area contributed by atoms with Crippen LogP contribution in [0.4, 0.5) is 5.00 Å². The molecule has 3 amide bonds. The SMILES string of the molecule is CC(=O)N1CCC(C(=O)N2CCC(N3CCN(C(=O)c4c(N)sc5ccccc45)CC3)CC2)CC1. The summed E-state index contributed by atoms with van der Waals surface area (Å²) in [6.07, 6.45) is 3.51. The van der Waals surface area contributed by atoms with Crippen molar-refractivity contribution in [3.8, 4) is 0 Å². The summed E-state index contributed by atoms with van der Waals surface area (Å²) in [7, 11) is 0.